The Labute approximate surface area is 135 Å². The van der Waals surface area contributed by atoms with Gasteiger partial charge in [-0.15, -0.1) is 0 Å². The molecule has 1 unspecified atom stereocenters. The molecule has 1 aliphatic heterocycles. The van der Waals surface area contributed by atoms with E-state index in [9.17, 15) is 15.0 Å². The van der Waals surface area contributed by atoms with Crippen LogP contribution in [0.1, 0.15) is 12.5 Å². The van der Waals surface area contributed by atoms with Crippen LogP contribution in [-0.2, 0) is 11.3 Å². The van der Waals surface area contributed by atoms with E-state index < -0.39 is 6.10 Å². The number of hydrogen-bond acceptors (Lipinski definition) is 4. The van der Waals surface area contributed by atoms with Crippen molar-refractivity contribution in [2.24, 2.45) is 0 Å². The summed E-state index contributed by atoms with van der Waals surface area (Å²) < 4.78 is 0. The van der Waals surface area contributed by atoms with Crippen LogP contribution in [0.2, 0.25) is 0 Å². The number of aromatic hydroxyl groups is 1. The number of fused-ring (bicyclic) bond motifs is 1. The zero-order chi connectivity index (χ0) is 16.4. The molecule has 23 heavy (non-hydrogen) atoms. The molecule has 1 atom stereocenters. The molecule has 3 rings (SSSR count). The summed E-state index contributed by atoms with van der Waals surface area (Å²) in [7, 11) is 0. The first-order valence-electron chi connectivity index (χ1n) is 7.95. The first kappa shape index (κ1) is 15.8. The summed E-state index contributed by atoms with van der Waals surface area (Å²) in [6.07, 6.45) is -0.941. The molecule has 1 aliphatic rings. The minimum Gasteiger partial charge on any atom is -0.508 e. The van der Waals surface area contributed by atoms with Crippen molar-refractivity contribution in [3.8, 4) is 5.75 Å². The number of aliphatic hydroxyl groups is 1. The van der Waals surface area contributed by atoms with Gasteiger partial charge < -0.3 is 15.1 Å². The Kier molecular flexibility index (Phi) is 4.50. The molecule has 0 spiro atoms. The average molecular weight is 314 g/mol. The van der Waals surface area contributed by atoms with E-state index >= 15 is 0 Å². The van der Waals surface area contributed by atoms with Crippen molar-refractivity contribution in [2.45, 2.75) is 19.6 Å². The Hall–Kier alpha value is -2.11. The fourth-order valence-electron chi connectivity index (χ4n) is 3.10. The topological polar surface area (TPSA) is 64.0 Å². The lowest BCUT2D eigenvalue weighted by molar-refractivity contribution is -0.141. The SMILES string of the molecule is CC(O)C(=O)N1CCN(Cc2c(O)ccc3ccccc23)CC1. The summed E-state index contributed by atoms with van der Waals surface area (Å²) >= 11 is 0. The van der Waals surface area contributed by atoms with Gasteiger partial charge >= 0.3 is 0 Å². The fourth-order valence-corrected chi connectivity index (χ4v) is 3.10. The van der Waals surface area contributed by atoms with Gasteiger partial charge in [0.05, 0.1) is 0 Å². The van der Waals surface area contributed by atoms with E-state index in [2.05, 4.69) is 4.90 Å². The first-order valence-corrected chi connectivity index (χ1v) is 7.95. The van der Waals surface area contributed by atoms with Crippen LogP contribution in [0.5, 0.6) is 5.75 Å². The van der Waals surface area contributed by atoms with Crippen molar-refractivity contribution in [3.05, 3.63) is 42.0 Å². The summed E-state index contributed by atoms with van der Waals surface area (Å²) in [6.45, 7) is 4.85. The predicted octanol–water partition coefficient (Wildman–Crippen LogP) is 1.57. The van der Waals surface area contributed by atoms with Gasteiger partial charge in [0.2, 0.25) is 0 Å². The molecular weight excluding hydrogens is 292 g/mol. The van der Waals surface area contributed by atoms with E-state index in [1.54, 1.807) is 11.0 Å². The number of benzene rings is 2. The maximum atomic E-state index is 11.8. The molecule has 0 aromatic heterocycles. The fraction of sp³-hybridized carbons (Fsp3) is 0.389. The Bertz CT molecular complexity index is 706. The number of carbonyl (C=O) groups is 1. The Morgan fingerprint density at radius 2 is 1.83 bits per heavy atom. The second-order valence-corrected chi connectivity index (χ2v) is 6.06. The van der Waals surface area contributed by atoms with Crippen molar-refractivity contribution in [2.75, 3.05) is 26.2 Å². The number of nitrogens with zero attached hydrogens (tertiary/aromatic N) is 2. The minimum atomic E-state index is -0.941. The van der Waals surface area contributed by atoms with E-state index in [4.69, 9.17) is 0 Å². The van der Waals surface area contributed by atoms with Gasteiger partial charge in [-0.2, -0.15) is 0 Å². The molecule has 1 amide bonds. The number of carbonyl (C=O) groups excluding carboxylic acids is 1. The Balaban J connectivity index is 1.72. The first-order chi connectivity index (χ1) is 11.1. The summed E-state index contributed by atoms with van der Waals surface area (Å²) in [5, 5.41) is 21.8. The standard InChI is InChI=1S/C18H22N2O3/c1-13(21)18(23)20-10-8-19(9-11-20)12-16-15-5-3-2-4-14(15)6-7-17(16)22/h2-7,13,21-22H,8-12H2,1H3. The summed E-state index contributed by atoms with van der Waals surface area (Å²) in [5.41, 5.74) is 0.929. The molecule has 2 aromatic carbocycles. The lowest BCUT2D eigenvalue weighted by atomic mass is 10.0. The third kappa shape index (κ3) is 3.30. The largest absolute Gasteiger partial charge is 0.508 e. The van der Waals surface area contributed by atoms with Crippen LogP contribution in [-0.4, -0.2) is 58.2 Å². The normalized spacial score (nSPS) is 17.4. The van der Waals surface area contributed by atoms with Gasteiger partial charge in [-0.3, -0.25) is 9.69 Å². The number of aliphatic hydroxyl groups excluding tert-OH is 1. The molecule has 2 aromatic rings. The van der Waals surface area contributed by atoms with E-state index in [0.29, 0.717) is 25.4 Å². The molecule has 0 bridgehead atoms. The van der Waals surface area contributed by atoms with E-state index in [-0.39, 0.29) is 5.91 Å². The average Bonchev–Trinajstić information content (AvgIpc) is 2.57. The summed E-state index contributed by atoms with van der Waals surface area (Å²) in [5.74, 6) is 0.101. The zero-order valence-electron chi connectivity index (χ0n) is 13.3. The molecule has 1 fully saturated rings. The van der Waals surface area contributed by atoms with Crippen molar-refractivity contribution in [1.29, 1.82) is 0 Å². The van der Waals surface area contributed by atoms with Crippen molar-refractivity contribution >= 4 is 16.7 Å². The van der Waals surface area contributed by atoms with Crippen LogP contribution >= 0.6 is 0 Å². The van der Waals surface area contributed by atoms with E-state index in [0.717, 1.165) is 29.4 Å². The number of amides is 1. The zero-order valence-corrected chi connectivity index (χ0v) is 13.3. The number of hydrogen-bond donors (Lipinski definition) is 2. The van der Waals surface area contributed by atoms with Crippen LogP contribution in [0.15, 0.2) is 36.4 Å². The van der Waals surface area contributed by atoms with Gasteiger partial charge in [0.15, 0.2) is 0 Å². The molecule has 0 saturated carbocycles. The van der Waals surface area contributed by atoms with Crippen LogP contribution in [0.3, 0.4) is 0 Å². The van der Waals surface area contributed by atoms with Crippen LogP contribution in [0.25, 0.3) is 10.8 Å². The predicted molar refractivity (Wildman–Crippen MR) is 89.2 cm³/mol. The molecular formula is C18H22N2O3. The highest BCUT2D eigenvalue weighted by Crippen LogP contribution is 2.28. The second kappa shape index (κ2) is 6.56. The second-order valence-electron chi connectivity index (χ2n) is 6.06. The molecule has 0 aliphatic carbocycles. The van der Waals surface area contributed by atoms with Crippen LogP contribution in [0.4, 0.5) is 0 Å². The molecule has 1 saturated heterocycles. The highest BCUT2D eigenvalue weighted by atomic mass is 16.3. The Morgan fingerprint density at radius 1 is 1.13 bits per heavy atom. The molecule has 0 radical (unpaired) electrons. The van der Waals surface area contributed by atoms with E-state index in [1.807, 2.05) is 30.3 Å². The molecule has 5 heteroatoms. The van der Waals surface area contributed by atoms with Gasteiger partial charge in [-0.1, -0.05) is 30.3 Å². The molecule has 2 N–H and O–H groups in total. The molecule has 122 valence electrons. The van der Waals surface area contributed by atoms with Gasteiger partial charge in [0.25, 0.3) is 5.91 Å². The van der Waals surface area contributed by atoms with E-state index in [1.165, 1.54) is 6.92 Å². The highest BCUT2D eigenvalue weighted by Gasteiger charge is 2.24. The van der Waals surface area contributed by atoms with Gasteiger partial charge in [-0.05, 0) is 23.8 Å². The number of phenols is 1. The maximum Gasteiger partial charge on any atom is 0.251 e. The molecule has 5 nitrogen and oxygen atoms in total. The number of phenolic OH excluding ortho intramolecular Hbond substituents is 1. The number of piperazine rings is 1. The highest BCUT2D eigenvalue weighted by molar-refractivity contribution is 5.87. The van der Waals surface area contributed by atoms with Gasteiger partial charge in [0.1, 0.15) is 11.9 Å². The molecule has 1 heterocycles. The van der Waals surface area contributed by atoms with Gasteiger partial charge in [0, 0.05) is 38.3 Å². The lowest BCUT2D eigenvalue weighted by Crippen LogP contribution is -2.50. The summed E-state index contributed by atoms with van der Waals surface area (Å²) in [4.78, 5) is 15.7. The lowest BCUT2D eigenvalue weighted by Gasteiger charge is -2.35. The van der Waals surface area contributed by atoms with Crippen molar-refractivity contribution in [3.63, 3.8) is 0 Å². The van der Waals surface area contributed by atoms with Crippen LogP contribution < -0.4 is 0 Å². The summed E-state index contributed by atoms with van der Waals surface area (Å²) in [6, 6.07) is 11.7. The monoisotopic (exact) mass is 314 g/mol. The number of rotatable bonds is 3. The minimum absolute atomic E-state index is 0.211. The third-order valence-corrected chi connectivity index (χ3v) is 4.44. The quantitative estimate of drug-likeness (QED) is 0.903. The maximum absolute atomic E-state index is 11.8. The Morgan fingerprint density at radius 3 is 2.52 bits per heavy atom. The van der Waals surface area contributed by atoms with Crippen molar-refractivity contribution in [1.82, 2.24) is 9.80 Å². The van der Waals surface area contributed by atoms with Gasteiger partial charge in [-0.25, -0.2) is 0 Å². The van der Waals surface area contributed by atoms with Crippen molar-refractivity contribution < 1.29 is 15.0 Å². The smallest absolute Gasteiger partial charge is 0.251 e. The van der Waals surface area contributed by atoms with Crippen LogP contribution in [0, 0.1) is 0 Å². The third-order valence-electron chi connectivity index (χ3n) is 4.44.